The average molecular weight is 307 g/mol. The second kappa shape index (κ2) is 4.06. The zero-order valence-corrected chi connectivity index (χ0v) is 9.84. The smallest absolute Gasteiger partial charge is 0.368 e. The summed E-state index contributed by atoms with van der Waals surface area (Å²) in [5, 5.41) is 3.56. The molecule has 90 valence electrons. The third-order valence-electron chi connectivity index (χ3n) is 2.05. The zero-order valence-electron chi connectivity index (χ0n) is 8.25. The van der Waals surface area contributed by atoms with Gasteiger partial charge in [0.25, 0.3) is 0 Å². The Morgan fingerprint density at radius 3 is 2.41 bits per heavy atom. The van der Waals surface area contributed by atoms with Crippen molar-refractivity contribution >= 4 is 21.8 Å². The Bertz CT molecular complexity index is 551. The molecule has 1 aromatic heterocycles. The number of nitrogen functional groups attached to an aromatic ring is 1. The van der Waals surface area contributed by atoms with Gasteiger partial charge in [-0.1, -0.05) is 21.1 Å². The van der Waals surface area contributed by atoms with Crippen LogP contribution in [0.4, 0.5) is 19.1 Å². The number of anilines is 1. The highest BCUT2D eigenvalue weighted by Crippen LogP contribution is 2.34. The van der Waals surface area contributed by atoms with Gasteiger partial charge in [0, 0.05) is 16.1 Å². The van der Waals surface area contributed by atoms with Crippen LogP contribution in [0.2, 0.25) is 0 Å². The molecule has 2 aromatic rings. The van der Waals surface area contributed by atoms with E-state index in [4.69, 9.17) is 5.73 Å². The molecule has 0 bridgehead atoms. The lowest BCUT2D eigenvalue weighted by Crippen LogP contribution is -2.04. The summed E-state index contributed by atoms with van der Waals surface area (Å²) in [7, 11) is 0. The number of benzene rings is 1. The minimum atomic E-state index is -4.41. The van der Waals surface area contributed by atoms with E-state index in [1.807, 2.05) is 0 Å². The molecule has 0 spiro atoms. The predicted octanol–water partition coefficient (Wildman–Crippen LogP) is 3.71. The highest BCUT2D eigenvalue weighted by atomic mass is 79.9. The van der Waals surface area contributed by atoms with Crippen LogP contribution in [0, 0.1) is 0 Å². The lowest BCUT2D eigenvalue weighted by Gasteiger charge is -2.08. The lowest BCUT2D eigenvalue weighted by molar-refractivity contribution is -0.137. The average Bonchev–Trinajstić information content (AvgIpc) is 2.62. The Morgan fingerprint density at radius 1 is 1.18 bits per heavy atom. The molecule has 0 atom stereocenters. The van der Waals surface area contributed by atoms with Crippen LogP contribution in [-0.4, -0.2) is 5.16 Å². The second-order valence-corrected chi connectivity index (χ2v) is 4.26. The first-order chi connectivity index (χ1) is 7.86. The normalized spacial score (nSPS) is 11.8. The molecule has 17 heavy (non-hydrogen) atoms. The molecule has 0 saturated heterocycles. The Kier molecular flexibility index (Phi) is 2.86. The maximum Gasteiger partial charge on any atom is 0.416 e. The number of nitrogens with zero attached hydrogens (tertiary/aromatic N) is 1. The highest BCUT2D eigenvalue weighted by Gasteiger charge is 2.31. The molecule has 0 saturated carbocycles. The molecule has 1 aromatic carbocycles. The molecule has 2 rings (SSSR count). The molecule has 0 unspecified atom stereocenters. The van der Waals surface area contributed by atoms with Crippen LogP contribution in [0.5, 0.6) is 0 Å². The Hall–Kier alpha value is -1.50. The second-order valence-electron chi connectivity index (χ2n) is 3.34. The van der Waals surface area contributed by atoms with Gasteiger partial charge in [-0.2, -0.15) is 13.2 Å². The maximum absolute atomic E-state index is 12.6. The van der Waals surface area contributed by atoms with Crippen molar-refractivity contribution < 1.29 is 17.7 Å². The Balaban J connectivity index is 2.52. The van der Waals surface area contributed by atoms with Crippen LogP contribution >= 0.6 is 15.9 Å². The minimum Gasteiger partial charge on any atom is -0.368 e. The predicted molar refractivity (Wildman–Crippen MR) is 59.1 cm³/mol. The summed E-state index contributed by atoms with van der Waals surface area (Å²) in [5.41, 5.74) is 5.10. The van der Waals surface area contributed by atoms with Gasteiger partial charge in [-0.3, -0.25) is 0 Å². The van der Waals surface area contributed by atoms with Gasteiger partial charge in [-0.25, -0.2) is 0 Å². The van der Waals surface area contributed by atoms with Gasteiger partial charge in [0.2, 0.25) is 5.88 Å². The number of hydrogen-bond donors (Lipinski definition) is 1. The number of rotatable bonds is 1. The van der Waals surface area contributed by atoms with Crippen LogP contribution < -0.4 is 5.73 Å². The molecule has 3 nitrogen and oxygen atoms in total. The van der Waals surface area contributed by atoms with Gasteiger partial charge >= 0.3 is 6.18 Å². The largest absolute Gasteiger partial charge is 0.416 e. The molecule has 0 aliphatic heterocycles. The summed E-state index contributed by atoms with van der Waals surface area (Å²) < 4.78 is 42.7. The fraction of sp³-hybridized carbons (Fsp3) is 0.100. The number of aromatic nitrogens is 1. The minimum absolute atomic E-state index is 0.0496. The number of halogens is 4. The first-order valence-corrected chi connectivity index (χ1v) is 5.26. The van der Waals surface area contributed by atoms with Crippen molar-refractivity contribution in [1.82, 2.24) is 5.16 Å². The molecule has 0 amide bonds. The summed E-state index contributed by atoms with van der Waals surface area (Å²) in [4.78, 5) is 0. The molecule has 0 fully saturated rings. The summed E-state index contributed by atoms with van der Waals surface area (Å²) in [6, 6.07) is 4.85. The lowest BCUT2D eigenvalue weighted by atomic mass is 10.1. The molecular formula is C10H6BrF3N2O. The van der Waals surface area contributed by atoms with E-state index >= 15 is 0 Å². The molecule has 0 aliphatic rings. The standard InChI is InChI=1S/C10H6BrF3N2O/c11-7-2-5(8-4-9(15)17-16-8)1-6(3-7)10(12,13)14/h1-4H,15H2. The number of alkyl halides is 3. The quantitative estimate of drug-likeness (QED) is 0.874. The SMILES string of the molecule is Nc1cc(-c2cc(Br)cc(C(F)(F)F)c2)no1. The number of nitrogens with two attached hydrogens (primary N) is 1. The first kappa shape index (κ1) is 12.0. The van der Waals surface area contributed by atoms with Crippen LogP contribution in [-0.2, 0) is 6.18 Å². The third-order valence-corrected chi connectivity index (χ3v) is 2.51. The van der Waals surface area contributed by atoms with E-state index in [0.717, 1.165) is 12.1 Å². The van der Waals surface area contributed by atoms with Crippen LogP contribution in [0.15, 0.2) is 33.3 Å². The van der Waals surface area contributed by atoms with Gasteiger partial charge in [0.1, 0.15) is 5.69 Å². The van der Waals surface area contributed by atoms with Crippen molar-refractivity contribution in [1.29, 1.82) is 0 Å². The molecule has 2 N–H and O–H groups in total. The van der Waals surface area contributed by atoms with Gasteiger partial charge in [-0.15, -0.1) is 0 Å². The molecular weight excluding hydrogens is 301 g/mol. The summed E-state index contributed by atoms with van der Waals surface area (Å²) in [5.74, 6) is 0.0496. The van der Waals surface area contributed by atoms with E-state index in [1.54, 1.807) is 0 Å². The topological polar surface area (TPSA) is 52.0 Å². The van der Waals surface area contributed by atoms with Crippen LogP contribution in [0.3, 0.4) is 0 Å². The monoisotopic (exact) mass is 306 g/mol. The van der Waals surface area contributed by atoms with E-state index in [1.165, 1.54) is 12.1 Å². The highest BCUT2D eigenvalue weighted by molar-refractivity contribution is 9.10. The van der Waals surface area contributed by atoms with Crippen LogP contribution in [0.1, 0.15) is 5.56 Å². The van der Waals surface area contributed by atoms with Crippen molar-refractivity contribution in [3.8, 4) is 11.3 Å². The first-order valence-electron chi connectivity index (χ1n) is 4.46. The van der Waals surface area contributed by atoms with E-state index < -0.39 is 11.7 Å². The van der Waals surface area contributed by atoms with Crippen LogP contribution in [0.25, 0.3) is 11.3 Å². The van der Waals surface area contributed by atoms with Gasteiger partial charge in [-0.05, 0) is 18.2 Å². The van der Waals surface area contributed by atoms with Crippen molar-refractivity contribution in [3.05, 3.63) is 34.3 Å². The molecule has 1 heterocycles. The summed E-state index contributed by atoms with van der Waals surface area (Å²) in [6.45, 7) is 0. The van der Waals surface area contributed by atoms with Crippen molar-refractivity contribution in [2.45, 2.75) is 6.18 Å². The van der Waals surface area contributed by atoms with E-state index in [9.17, 15) is 13.2 Å². The van der Waals surface area contributed by atoms with Gasteiger partial charge < -0.3 is 10.3 Å². The van der Waals surface area contributed by atoms with Crippen molar-refractivity contribution in [2.24, 2.45) is 0 Å². The van der Waals surface area contributed by atoms with E-state index in [2.05, 4.69) is 25.6 Å². The zero-order chi connectivity index (χ0) is 12.6. The molecule has 0 aliphatic carbocycles. The third kappa shape index (κ3) is 2.60. The fourth-order valence-corrected chi connectivity index (χ4v) is 1.82. The Labute approximate surface area is 103 Å². The molecule has 7 heteroatoms. The fourth-order valence-electron chi connectivity index (χ4n) is 1.33. The Morgan fingerprint density at radius 2 is 1.88 bits per heavy atom. The van der Waals surface area contributed by atoms with E-state index in [0.29, 0.717) is 4.47 Å². The summed E-state index contributed by atoms with van der Waals surface area (Å²) in [6.07, 6.45) is -4.41. The van der Waals surface area contributed by atoms with Crippen molar-refractivity contribution in [2.75, 3.05) is 5.73 Å². The molecule has 0 radical (unpaired) electrons. The number of hydrogen-bond acceptors (Lipinski definition) is 3. The van der Waals surface area contributed by atoms with Gasteiger partial charge in [0.15, 0.2) is 0 Å². The van der Waals surface area contributed by atoms with Gasteiger partial charge in [0.05, 0.1) is 5.56 Å². The maximum atomic E-state index is 12.6. The summed E-state index contributed by atoms with van der Waals surface area (Å²) >= 11 is 3.02. The van der Waals surface area contributed by atoms with Crippen molar-refractivity contribution in [3.63, 3.8) is 0 Å². The van der Waals surface area contributed by atoms with E-state index in [-0.39, 0.29) is 17.1 Å².